The van der Waals surface area contributed by atoms with Gasteiger partial charge in [0.25, 0.3) is 5.56 Å². The molecule has 0 aliphatic heterocycles. The van der Waals surface area contributed by atoms with Crippen LogP contribution in [0.4, 0.5) is 0 Å². The first-order valence-corrected chi connectivity index (χ1v) is 6.97. The molecular weight excluding hydrogens is 284 g/mol. The summed E-state index contributed by atoms with van der Waals surface area (Å²) in [5, 5.41) is 4.25. The van der Waals surface area contributed by atoms with Crippen LogP contribution in [0.15, 0.2) is 41.2 Å². The van der Waals surface area contributed by atoms with Crippen molar-refractivity contribution in [2.45, 2.75) is 19.9 Å². The number of benzene rings is 1. The van der Waals surface area contributed by atoms with Crippen LogP contribution in [0.3, 0.4) is 0 Å². The molecule has 22 heavy (non-hydrogen) atoms. The Morgan fingerprint density at radius 2 is 1.91 bits per heavy atom. The molecule has 0 saturated heterocycles. The minimum Gasteiger partial charge on any atom is -0.494 e. The lowest BCUT2D eigenvalue weighted by molar-refractivity contribution is -0.144. The van der Waals surface area contributed by atoms with E-state index in [1.807, 2.05) is 31.2 Å². The molecule has 0 amide bonds. The molecule has 0 aliphatic carbocycles. The molecule has 0 bridgehead atoms. The second kappa shape index (κ2) is 6.89. The molecule has 1 aromatic heterocycles. The van der Waals surface area contributed by atoms with Crippen LogP contribution in [0, 0.1) is 0 Å². The molecule has 6 nitrogen and oxygen atoms in total. The lowest BCUT2D eigenvalue weighted by atomic mass is 10.1. The van der Waals surface area contributed by atoms with Crippen LogP contribution in [0.2, 0.25) is 0 Å². The summed E-state index contributed by atoms with van der Waals surface area (Å²) in [5.41, 5.74) is 1.07. The van der Waals surface area contributed by atoms with Crippen molar-refractivity contribution in [1.29, 1.82) is 0 Å². The Bertz CT molecular complexity index is 707. The standard InChI is InChI=1S/C16H18N2O4/c1-4-22-13-7-5-12(6-8-13)14-9-10-15(19)18(17-14)11(2)16(20)21-3/h5-11H,4H2,1-3H3. The number of carbonyl (C=O) groups excluding carboxylic acids is 1. The summed E-state index contributed by atoms with van der Waals surface area (Å²) in [7, 11) is 1.28. The van der Waals surface area contributed by atoms with Crippen molar-refractivity contribution in [2.24, 2.45) is 0 Å². The molecule has 2 rings (SSSR count). The van der Waals surface area contributed by atoms with Gasteiger partial charge in [-0.2, -0.15) is 5.10 Å². The van der Waals surface area contributed by atoms with E-state index in [1.165, 1.54) is 13.2 Å². The largest absolute Gasteiger partial charge is 0.494 e. The van der Waals surface area contributed by atoms with Crippen molar-refractivity contribution in [1.82, 2.24) is 9.78 Å². The average Bonchev–Trinajstić information content (AvgIpc) is 2.55. The fraction of sp³-hybridized carbons (Fsp3) is 0.312. The highest BCUT2D eigenvalue weighted by molar-refractivity contribution is 5.73. The molecule has 0 radical (unpaired) electrons. The van der Waals surface area contributed by atoms with Gasteiger partial charge in [0.15, 0.2) is 6.04 Å². The predicted molar refractivity (Wildman–Crippen MR) is 81.8 cm³/mol. The van der Waals surface area contributed by atoms with Gasteiger partial charge in [-0.15, -0.1) is 0 Å². The lowest BCUT2D eigenvalue weighted by Crippen LogP contribution is -2.30. The minimum absolute atomic E-state index is 0.354. The Morgan fingerprint density at radius 3 is 2.50 bits per heavy atom. The maximum Gasteiger partial charge on any atom is 0.330 e. The lowest BCUT2D eigenvalue weighted by Gasteiger charge is -2.12. The maximum absolute atomic E-state index is 11.9. The third-order valence-electron chi connectivity index (χ3n) is 3.20. The van der Waals surface area contributed by atoms with Gasteiger partial charge in [0.05, 0.1) is 19.4 Å². The van der Waals surface area contributed by atoms with Crippen molar-refractivity contribution in [3.63, 3.8) is 0 Å². The Morgan fingerprint density at radius 1 is 1.23 bits per heavy atom. The van der Waals surface area contributed by atoms with Crippen LogP contribution < -0.4 is 10.3 Å². The smallest absolute Gasteiger partial charge is 0.330 e. The number of rotatable bonds is 5. The first kappa shape index (κ1) is 15.8. The molecule has 0 N–H and O–H groups in total. The molecule has 1 unspecified atom stereocenters. The fourth-order valence-electron chi connectivity index (χ4n) is 2.02. The monoisotopic (exact) mass is 302 g/mol. The molecule has 1 atom stereocenters. The summed E-state index contributed by atoms with van der Waals surface area (Å²) in [6.07, 6.45) is 0. The average molecular weight is 302 g/mol. The van der Waals surface area contributed by atoms with Crippen LogP contribution in [-0.2, 0) is 9.53 Å². The third-order valence-corrected chi connectivity index (χ3v) is 3.20. The predicted octanol–water partition coefficient (Wildman–Crippen LogP) is 2.04. The van der Waals surface area contributed by atoms with Crippen molar-refractivity contribution < 1.29 is 14.3 Å². The molecule has 6 heteroatoms. The highest BCUT2D eigenvalue weighted by atomic mass is 16.5. The summed E-state index contributed by atoms with van der Waals surface area (Å²) in [4.78, 5) is 23.5. The summed E-state index contributed by atoms with van der Waals surface area (Å²) in [6.45, 7) is 4.08. The first-order valence-electron chi connectivity index (χ1n) is 6.97. The number of carbonyl (C=O) groups is 1. The second-order valence-corrected chi connectivity index (χ2v) is 4.66. The number of esters is 1. The van der Waals surface area contributed by atoms with Gasteiger partial charge in [-0.1, -0.05) is 0 Å². The molecule has 116 valence electrons. The summed E-state index contributed by atoms with van der Waals surface area (Å²) in [6, 6.07) is 9.60. The van der Waals surface area contributed by atoms with E-state index >= 15 is 0 Å². The van der Waals surface area contributed by atoms with Gasteiger partial charge in [0.2, 0.25) is 0 Å². The van der Waals surface area contributed by atoms with Crippen LogP contribution in [0.1, 0.15) is 19.9 Å². The highest BCUT2D eigenvalue weighted by Gasteiger charge is 2.18. The summed E-state index contributed by atoms with van der Waals surface area (Å²) in [5.74, 6) is 0.251. The zero-order valence-electron chi connectivity index (χ0n) is 12.8. The molecule has 1 aromatic carbocycles. The van der Waals surface area contributed by atoms with Gasteiger partial charge in [-0.05, 0) is 44.2 Å². The van der Waals surface area contributed by atoms with Gasteiger partial charge >= 0.3 is 5.97 Å². The van der Waals surface area contributed by atoms with E-state index < -0.39 is 12.0 Å². The quantitative estimate of drug-likeness (QED) is 0.790. The van der Waals surface area contributed by atoms with Crippen LogP contribution >= 0.6 is 0 Å². The van der Waals surface area contributed by atoms with Crippen molar-refractivity contribution in [3.05, 3.63) is 46.8 Å². The first-order chi connectivity index (χ1) is 10.6. The van der Waals surface area contributed by atoms with E-state index in [1.54, 1.807) is 13.0 Å². The topological polar surface area (TPSA) is 70.4 Å². The maximum atomic E-state index is 11.9. The van der Waals surface area contributed by atoms with Gasteiger partial charge in [0.1, 0.15) is 5.75 Å². The Balaban J connectivity index is 2.36. The Hall–Kier alpha value is -2.63. The third kappa shape index (κ3) is 3.33. The molecule has 1 heterocycles. The van der Waals surface area contributed by atoms with Crippen molar-refractivity contribution >= 4 is 5.97 Å². The fourth-order valence-corrected chi connectivity index (χ4v) is 2.02. The van der Waals surface area contributed by atoms with Crippen LogP contribution in [-0.4, -0.2) is 29.5 Å². The Labute approximate surface area is 128 Å². The van der Waals surface area contributed by atoms with Gasteiger partial charge in [-0.3, -0.25) is 4.79 Å². The zero-order chi connectivity index (χ0) is 16.1. The summed E-state index contributed by atoms with van der Waals surface area (Å²) < 4.78 is 11.2. The summed E-state index contributed by atoms with van der Waals surface area (Å²) >= 11 is 0. The van der Waals surface area contributed by atoms with E-state index in [4.69, 9.17) is 4.74 Å². The number of hydrogen-bond acceptors (Lipinski definition) is 5. The van der Waals surface area contributed by atoms with E-state index in [0.29, 0.717) is 12.3 Å². The molecule has 2 aromatic rings. The number of ether oxygens (including phenoxy) is 2. The molecule has 0 aliphatic rings. The van der Waals surface area contributed by atoms with Gasteiger partial charge < -0.3 is 9.47 Å². The molecular formula is C16H18N2O4. The second-order valence-electron chi connectivity index (χ2n) is 4.66. The van der Waals surface area contributed by atoms with E-state index in [0.717, 1.165) is 16.0 Å². The Kier molecular flexibility index (Phi) is 4.93. The number of hydrogen-bond donors (Lipinski definition) is 0. The normalized spacial score (nSPS) is 11.8. The van der Waals surface area contributed by atoms with E-state index in [9.17, 15) is 9.59 Å². The number of methoxy groups -OCH3 is 1. The number of aromatic nitrogens is 2. The van der Waals surface area contributed by atoms with Crippen molar-refractivity contribution in [3.8, 4) is 17.0 Å². The molecule has 0 saturated carbocycles. The van der Waals surface area contributed by atoms with Crippen LogP contribution in [0.5, 0.6) is 5.75 Å². The van der Waals surface area contributed by atoms with E-state index in [2.05, 4.69) is 9.84 Å². The van der Waals surface area contributed by atoms with E-state index in [-0.39, 0.29) is 5.56 Å². The van der Waals surface area contributed by atoms with Gasteiger partial charge in [-0.25, -0.2) is 9.48 Å². The molecule has 0 spiro atoms. The van der Waals surface area contributed by atoms with Gasteiger partial charge in [0, 0.05) is 11.6 Å². The SMILES string of the molecule is CCOc1ccc(-c2ccc(=O)n(C(C)C(=O)OC)n2)cc1. The van der Waals surface area contributed by atoms with Crippen molar-refractivity contribution in [2.75, 3.05) is 13.7 Å². The van der Waals surface area contributed by atoms with Crippen LogP contribution in [0.25, 0.3) is 11.3 Å². The molecule has 0 fully saturated rings. The number of nitrogens with zero attached hydrogens (tertiary/aromatic N) is 2. The minimum atomic E-state index is -0.778. The highest BCUT2D eigenvalue weighted by Crippen LogP contribution is 2.20. The zero-order valence-corrected chi connectivity index (χ0v) is 12.8.